The van der Waals surface area contributed by atoms with E-state index in [1.165, 1.54) is 24.3 Å². The minimum absolute atomic E-state index is 0.158. The molecule has 2 heterocycles. The quantitative estimate of drug-likeness (QED) is 0.747. The smallest absolute Gasteiger partial charge is 0.317 e. The summed E-state index contributed by atoms with van der Waals surface area (Å²) in [6, 6.07) is -0.340. The number of carbonyl (C=O) groups excluding carboxylic acids is 2. The van der Waals surface area contributed by atoms with Gasteiger partial charge >= 0.3 is 6.03 Å². The number of aromatic nitrogens is 1. The summed E-state index contributed by atoms with van der Waals surface area (Å²) in [7, 11) is 1.54. The standard InChI is InChI=1S/C14H18Cl2N4O3/c1-17-13(22)2-8-6-20(7-12(8)21)14(23)19-3-9-10(15)4-18-5-11(9)16/h4-5,8,12,21H,2-3,6-7H2,1H3,(H,17,22)(H,19,23)/t8-,12-/m1/s1. The summed E-state index contributed by atoms with van der Waals surface area (Å²) in [4.78, 5) is 28.9. The van der Waals surface area contributed by atoms with Gasteiger partial charge in [0, 0.05) is 57.0 Å². The maximum atomic E-state index is 12.2. The van der Waals surface area contributed by atoms with Crippen molar-refractivity contribution in [1.29, 1.82) is 0 Å². The molecule has 1 aliphatic heterocycles. The molecule has 1 fully saturated rings. The third-order valence-electron chi connectivity index (χ3n) is 3.79. The number of hydrogen-bond donors (Lipinski definition) is 3. The van der Waals surface area contributed by atoms with Crippen LogP contribution >= 0.6 is 23.2 Å². The lowest BCUT2D eigenvalue weighted by atomic mass is 10.0. The second-order valence-electron chi connectivity index (χ2n) is 5.35. The Morgan fingerprint density at radius 2 is 2.00 bits per heavy atom. The Balaban J connectivity index is 1.91. The van der Waals surface area contributed by atoms with Gasteiger partial charge in [0.05, 0.1) is 16.1 Å². The summed E-state index contributed by atoms with van der Waals surface area (Å²) in [5.74, 6) is -0.430. The number of hydrogen-bond acceptors (Lipinski definition) is 4. The van der Waals surface area contributed by atoms with Gasteiger partial charge in [0.1, 0.15) is 0 Å². The van der Waals surface area contributed by atoms with Gasteiger partial charge in [-0.2, -0.15) is 0 Å². The molecule has 0 unspecified atom stereocenters. The number of amides is 3. The lowest BCUT2D eigenvalue weighted by Gasteiger charge is -2.17. The monoisotopic (exact) mass is 360 g/mol. The zero-order valence-electron chi connectivity index (χ0n) is 12.6. The van der Waals surface area contributed by atoms with Crippen LogP contribution in [0.4, 0.5) is 4.79 Å². The normalized spacial score (nSPS) is 20.4. The molecular weight excluding hydrogens is 343 g/mol. The van der Waals surface area contributed by atoms with Crippen LogP contribution in [0.1, 0.15) is 12.0 Å². The van der Waals surface area contributed by atoms with Gasteiger partial charge in [0.15, 0.2) is 0 Å². The van der Waals surface area contributed by atoms with E-state index in [0.717, 1.165) is 0 Å². The zero-order chi connectivity index (χ0) is 17.0. The summed E-state index contributed by atoms with van der Waals surface area (Å²) >= 11 is 12.0. The number of rotatable bonds is 4. The Labute approximate surface area is 144 Å². The average molecular weight is 361 g/mol. The van der Waals surface area contributed by atoms with Gasteiger partial charge in [0.25, 0.3) is 0 Å². The van der Waals surface area contributed by atoms with E-state index in [-0.39, 0.29) is 37.4 Å². The molecule has 0 aliphatic carbocycles. The topological polar surface area (TPSA) is 94.6 Å². The Morgan fingerprint density at radius 3 is 2.61 bits per heavy atom. The number of aliphatic hydroxyl groups excluding tert-OH is 1. The van der Waals surface area contributed by atoms with E-state index in [1.807, 2.05) is 0 Å². The lowest BCUT2D eigenvalue weighted by molar-refractivity contribution is -0.122. The second kappa shape index (κ2) is 7.81. The molecule has 3 N–H and O–H groups in total. The van der Waals surface area contributed by atoms with Crippen molar-refractivity contribution in [3.05, 3.63) is 28.0 Å². The van der Waals surface area contributed by atoms with Gasteiger partial charge in [-0.05, 0) is 0 Å². The first-order chi connectivity index (χ1) is 10.9. The molecule has 0 radical (unpaired) electrons. The first-order valence-electron chi connectivity index (χ1n) is 7.11. The van der Waals surface area contributed by atoms with E-state index in [9.17, 15) is 14.7 Å². The molecule has 1 saturated heterocycles. The molecule has 0 spiro atoms. The lowest BCUT2D eigenvalue weighted by Crippen LogP contribution is -2.38. The largest absolute Gasteiger partial charge is 0.391 e. The van der Waals surface area contributed by atoms with E-state index in [2.05, 4.69) is 15.6 Å². The summed E-state index contributed by atoms with van der Waals surface area (Å²) in [6.07, 6.45) is 2.37. The van der Waals surface area contributed by atoms with Crippen LogP contribution in [0, 0.1) is 5.92 Å². The van der Waals surface area contributed by atoms with E-state index >= 15 is 0 Å². The molecule has 23 heavy (non-hydrogen) atoms. The van der Waals surface area contributed by atoms with Gasteiger partial charge in [-0.3, -0.25) is 9.78 Å². The van der Waals surface area contributed by atoms with Crippen molar-refractivity contribution in [2.75, 3.05) is 20.1 Å². The first kappa shape index (κ1) is 17.8. The first-order valence-corrected chi connectivity index (χ1v) is 7.87. The predicted octanol–water partition coefficient (Wildman–Crippen LogP) is 1.03. The van der Waals surface area contributed by atoms with Crippen molar-refractivity contribution in [1.82, 2.24) is 20.5 Å². The number of nitrogens with one attached hydrogen (secondary N) is 2. The minimum Gasteiger partial charge on any atom is -0.391 e. The van der Waals surface area contributed by atoms with Crippen LogP contribution in [0.25, 0.3) is 0 Å². The van der Waals surface area contributed by atoms with Crippen LogP contribution in [0.3, 0.4) is 0 Å². The Hall–Kier alpha value is -1.57. The number of β-amino-alcohol motifs (C(OH)–C–C–N with tert-alkyl or cyclic N) is 1. The third kappa shape index (κ3) is 4.46. The Kier molecular flexibility index (Phi) is 6.04. The highest BCUT2D eigenvalue weighted by molar-refractivity contribution is 6.35. The van der Waals surface area contributed by atoms with Crippen LogP contribution in [-0.4, -0.2) is 53.2 Å². The molecular formula is C14H18Cl2N4O3. The molecule has 126 valence electrons. The Bertz CT molecular complexity index is 579. The number of urea groups is 1. The molecule has 2 atom stereocenters. The fourth-order valence-corrected chi connectivity index (χ4v) is 2.94. The molecule has 0 aromatic carbocycles. The van der Waals surface area contributed by atoms with Crippen molar-refractivity contribution >= 4 is 35.1 Å². The van der Waals surface area contributed by atoms with Crippen molar-refractivity contribution in [2.45, 2.75) is 19.1 Å². The summed E-state index contributed by atoms with van der Waals surface area (Å²) < 4.78 is 0. The highest BCUT2D eigenvalue weighted by Gasteiger charge is 2.35. The number of aliphatic hydroxyl groups is 1. The van der Waals surface area contributed by atoms with Crippen LogP contribution in [0.2, 0.25) is 10.0 Å². The van der Waals surface area contributed by atoms with Crippen LogP contribution in [0.15, 0.2) is 12.4 Å². The van der Waals surface area contributed by atoms with Gasteiger partial charge < -0.3 is 20.6 Å². The molecule has 1 aromatic heterocycles. The van der Waals surface area contributed by atoms with Crippen LogP contribution in [-0.2, 0) is 11.3 Å². The number of halogens is 2. The summed E-state index contributed by atoms with van der Waals surface area (Å²) in [6.45, 7) is 0.662. The maximum absolute atomic E-state index is 12.2. The highest BCUT2D eigenvalue weighted by Crippen LogP contribution is 2.23. The molecule has 2 rings (SSSR count). The molecule has 9 heteroatoms. The minimum atomic E-state index is -0.717. The van der Waals surface area contributed by atoms with Gasteiger partial charge in [-0.25, -0.2) is 4.79 Å². The molecule has 1 aromatic rings. The van der Waals surface area contributed by atoms with Crippen LogP contribution < -0.4 is 10.6 Å². The fourth-order valence-electron chi connectivity index (χ4n) is 2.44. The van der Waals surface area contributed by atoms with Gasteiger partial charge in [0.2, 0.25) is 5.91 Å². The second-order valence-corrected chi connectivity index (χ2v) is 6.16. The SMILES string of the molecule is CNC(=O)C[C@@H]1CN(C(=O)NCc2c(Cl)cncc2Cl)C[C@H]1O. The average Bonchev–Trinajstić information content (AvgIpc) is 2.87. The van der Waals surface area contributed by atoms with Gasteiger partial charge in [-0.1, -0.05) is 23.2 Å². The van der Waals surface area contributed by atoms with Crippen LogP contribution in [0.5, 0.6) is 0 Å². The number of nitrogens with zero attached hydrogens (tertiary/aromatic N) is 2. The molecule has 7 nitrogen and oxygen atoms in total. The van der Waals surface area contributed by atoms with Crippen molar-refractivity contribution < 1.29 is 14.7 Å². The van der Waals surface area contributed by atoms with Crippen molar-refractivity contribution in [3.63, 3.8) is 0 Å². The molecule has 1 aliphatic rings. The molecule has 0 bridgehead atoms. The van der Waals surface area contributed by atoms with E-state index < -0.39 is 6.10 Å². The predicted molar refractivity (Wildman–Crippen MR) is 86.2 cm³/mol. The van der Waals surface area contributed by atoms with Crippen molar-refractivity contribution in [2.24, 2.45) is 5.92 Å². The van der Waals surface area contributed by atoms with Gasteiger partial charge in [-0.15, -0.1) is 0 Å². The molecule has 3 amide bonds. The number of pyridine rings is 1. The Morgan fingerprint density at radius 1 is 1.35 bits per heavy atom. The number of likely N-dealkylation sites (tertiary alicyclic amines) is 1. The van der Waals surface area contributed by atoms with E-state index in [1.54, 1.807) is 0 Å². The van der Waals surface area contributed by atoms with E-state index in [4.69, 9.17) is 23.2 Å². The fraction of sp³-hybridized carbons (Fsp3) is 0.500. The molecule has 0 saturated carbocycles. The zero-order valence-corrected chi connectivity index (χ0v) is 14.1. The number of carbonyl (C=O) groups is 2. The van der Waals surface area contributed by atoms with Crippen molar-refractivity contribution in [3.8, 4) is 0 Å². The summed E-state index contributed by atoms with van der Waals surface area (Å²) in [5, 5.41) is 15.9. The highest BCUT2D eigenvalue weighted by atomic mass is 35.5. The van der Waals surface area contributed by atoms with E-state index in [0.29, 0.717) is 22.2 Å². The summed E-state index contributed by atoms with van der Waals surface area (Å²) in [5.41, 5.74) is 0.582. The third-order valence-corrected chi connectivity index (χ3v) is 4.44. The maximum Gasteiger partial charge on any atom is 0.317 e.